The van der Waals surface area contributed by atoms with Crippen molar-refractivity contribution < 1.29 is 9.59 Å². The Morgan fingerprint density at radius 1 is 1.32 bits per heavy atom. The summed E-state index contributed by atoms with van der Waals surface area (Å²) < 4.78 is 0. The van der Waals surface area contributed by atoms with Crippen molar-refractivity contribution in [3.8, 4) is 0 Å². The van der Waals surface area contributed by atoms with Crippen LogP contribution in [0.2, 0.25) is 0 Å². The molecule has 1 aromatic heterocycles. The summed E-state index contributed by atoms with van der Waals surface area (Å²) in [6.45, 7) is 4.45. The Balaban J connectivity index is 1.64. The van der Waals surface area contributed by atoms with E-state index in [1.165, 1.54) is 5.56 Å². The molecule has 1 aromatic carbocycles. The maximum Gasteiger partial charge on any atom is 0.227 e. The van der Waals surface area contributed by atoms with Gasteiger partial charge in [-0.05, 0) is 42.7 Å². The lowest BCUT2D eigenvalue weighted by Gasteiger charge is -2.19. The molecule has 0 spiro atoms. The molecular formula is C20H23N3O2. The summed E-state index contributed by atoms with van der Waals surface area (Å²) in [5, 5.41) is 2.99. The van der Waals surface area contributed by atoms with Crippen LogP contribution in [-0.2, 0) is 16.0 Å². The molecule has 3 rings (SSSR count). The first kappa shape index (κ1) is 17.1. The van der Waals surface area contributed by atoms with Gasteiger partial charge < -0.3 is 10.2 Å². The van der Waals surface area contributed by atoms with Gasteiger partial charge in [-0.15, -0.1) is 0 Å². The average molecular weight is 337 g/mol. The lowest BCUT2D eigenvalue weighted by atomic mass is 10.1. The Morgan fingerprint density at radius 2 is 2.08 bits per heavy atom. The van der Waals surface area contributed by atoms with E-state index < -0.39 is 0 Å². The number of aryl methyl sites for hydroxylation is 1. The molecule has 1 N–H and O–H groups in total. The van der Waals surface area contributed by atoms with Gasteiger partial charge in [0.25, 0.3) is 0 Å². The molecule has 130 valence electrons. The van der Waals surface area contributed by atoms with Crippen LogP contribution in [0, 0.1) is 5.92 Å². The summed E-state index contributed by atoms with van der Waals surface area (Å²) in [4.78, 5) is 30.7. The van der Waals surface area contributed by atoms with Crippen molar-refractivity contribution in [3.63, 3.8) is 0 Å². The monoisotopic (exact) mass is 337 g/mol. The number of nitrogens with one attached hydrogen (secondary N) is 1. The van der Waals surface area contributed by atoms with E-state index in [-0.39, 0.29) is 30.2 Å². The van der Waals surface area contributed by atoms with E-state index in [1.54, 1.807) is 17.3 Å². The minimum atomic E-state index is -0.322. The number of benzene rings is 1. The van der Waals surface area contributed by atoms with Gasteiger partial charge in [-0.3, -0.25) is 14.6 Å². The maximum absolute atomic E-state index is 12.5. The Labute approximate surface area is 148 Å². The van der Waals surface area contributed by atoms with Crippen molar-refractivity contribution in [2.24, 2.45) is 5.92 Å². The molecular weight excluding hydrogens is 314 g/mol. The minimum Gasteiger partial charge on any atom is -0.349 e. The number of nitrogens with zero attached hydrogens (tertiary/aromatic N) is 2. The maximum atomic E-state index is 12.5. The predicted octanol–water partition coefficient (Wildman–Crippen LogP) is 2.87. The predicted molar refractivity (Wildman–Crippen MR) is 97.1 cm³/mol. The van der Waals surface area contributed by atoms with Crippen molar-refractivity contribution in [1.29, 1.82) is 0 Å². The van der Waals surface area contributed by atoms with Gasteiger partial charge in [0.1, 0.15) is 0 Å². The quantitative estimate of drug-likeness (QED) is 0.912. The molecule has 2 aromatic rings. The van der Waals surface area contributed by atoms with Gasteiger partial charge in [0.15, 0.2) is 0 Å². The third-order valence-electron chi connectivity index (χ3n) is 4.70. The zero-order chi connectivity index (χ0) is 17.8. The number of amides is 2. The first-order chi connectivity index (χ1) is 12.1. The van der Waals surface area contributed by atoms with Crippen molar-refractivity contribution in [3.05, 3.63) is 59.9 Å². The molecule has 25 heavy (non-hydrogen) atoms. The molecule has 1 aliphatic rings. The SMILES string of the molecule is CCc1ccc(N2CC(C(=O)NC(C)c3cccnc3)CC2=O)cc1. The standard InChI is InChI=1S/C20H23N3O2/c1-3-15-6-8-18(9-7-15)23-13-17(11-19(23)24)20(25)22-14(2)16-5-4-10-21-12-16/h4-10,12,14,17H,3,11,13H2,1-2H3,(H,22,25). The van der Waals surface area contributed by atoms with E-state index in [0.29, 0.717) is 6.54 Å². The molecule has 0 bridgehead atoms. The van der Waals surface area contributed by atoms with Crippen molar-refractivity contribution >= 4 is 17.5 Å². The second-order valence-electron chi connectivity index (χ2n) is 6.44. The first-order valence-electron chi connectivity index (χ1n) is 8.68. The Morgan fingerprint density at radius 3 is 2.72 bits per heavy atom. The lowest BCUT2D eigenvalue weighted by Crippen LogP contribution is -2.34. The number of carbonyl (C=O) groups is 2. The van der Waals surface area contributed by atoms with Crippen molar-refractivity contribution in [1.82, 2.24) is 10.3 Å². The molecule has 5 heteroatoms. The van der Waals surface area contributed by atoms with E-state index in [4.69, 9.17) is 0 Å². The fraction of sp³-hybridized carbons (Fsp3) is 0.350. The number of carbonyl (C=O) groups excluding carboxylic acids is 2. The zero-order valence-electron chi connectivity index (χ0n) is 14.6. The largest absolute Gasteiger partial charge is 0.349 e. The molecule has 2 atom stereocenters. The van der Waals surface area contributed by atoms with Gasteiger partial charge in [0.2, 0.25) is 11.8 Å². The van der Waals surface area contributed by atoms with Crippen LogP contribution < -0.4 is 10.2 Å². The highest BCUT2D eigenvalue weighted by Crippen LogP contribution is 2.26. The highest BCUT2D eigenvalue weighted by molar-refractivity contribution is 6.00. The summed E-state index contributed by atoms with van der Waals surface area (Å²) in [5.41, 5.74) is 3.04. The molecule has 1 saturated heterocycles. The summed E-state index contributed by atoms with van der Waals surface area (Å²) in [5.74, 6) is -0.409. The highest BCUT2D eigenvalue weighted by atomic mass is 16.2. The van der Waals surface area contributed by atoms with Crippen LogP contribution in [-0.4, -0.2) is 23.3 Å². The van der Waals surface area contributed by atoms with E-state index in [1.807, 2.05) is 43.3 Å². The van der Waals surface area contributed by atoms with Crippen LogP contribution in [0.1, 0.15) is 37.4 Å². The van der Waals surface area contributed by atoms with Gasteiger partial charge in [-0.25, -0.2) is 0 Å². The van der Waals surface area contributed by atoms with Crippen LogP contribution in [0.3, 0.4) is 0 Å². The van der Waals surface area contributed by atoms with Gasteiger partial charge in [-0.1, -0.05) is 25.1 Å². The smallest absolute Gasteiger partial charge is 0.227 e. The Kier molecular flexibility index (Phi) is 5.12. The van der Waals surface area contributed by atoms with Crippen LogP contribution in [0.25, 0.3) is 0 Å². The number of rotatable bonds is 5. The van der Waals surface area contributed by atoms with E-state index >= 15 is 0 Å². The summed E-state index contributed by atoms with van der Waals surface area (Å²) >= 11 is 0. The van der Waals surface area contributed by atoms with Crippen LogP contribution >= 0.6 is 0 Å². The molecule has 2 unspecified atom stereocenters. The fourth-order valence-corrected chi connectivity index (χ4v) is 3.09. The average Bonchev–Trinajstić information content (AvgIpc) is 3.04. The van der Waals surface area contributed by atoms with Crippen molar-refractivity contribution in [2.45, 2.75) is 32.7 Å². The number of hydrogen-bond donors (Lipinski definition) is 1. The fourth-order valence-electron chi connectivity index (χ4n) is 3.09. The molecule has 0 aliphatic carbocycles. The van der Waals surface area contributed by atoms with Gasteiger partial charge in [-0.2, -0.15) is 0 Å². The number of pyridine rings is 1. The van der Waals surface area contributed by atoms with Gasteiger partial charge in [0, 0.05) is 31.0 Å². The number of aromatic nitrogens is 1. The van der Waals surface area contributed by atoms with Crippen molar-refractivity contribution in [2.75, 3.05) is 11.4 Å². The molecule has 2 heterocycles. The van der Waals surface area contributed by atoms with E-state index in [9.17, 15) is 9.59 Å². The topological polar surface area (TPSA) is 62.3 Å². The van der Waals surface area contributed by atoms with E-state index in [0.717, 1.165) is 17.7 Å². The summed E-state index contributed by atoms with van der Waals surface area (Å²) in [6.07, 6.45) is 4.66. The van der Waals surface area contributed by atoms with E-state index in [2.05, 4.69) is 17.2 Å². The van der Waals surface area contributed by atoms with Gasteiger partial charge in [0.05, 0.1) is 12.0 Å². The minimum absolute atomic E-state index is 0.00145. The number of anilines is 1. The summed E-state index contributed by atoms with van der Waals surface area (Å²) in [7, 11) is 0. The van der Waals surface area contributed by atoms with Gasteiger partial charge >= 0.3 is 0 Å². The summed E-state index contributed by atoms with van der Waals surface area (Å²) in [6, 6.07) is 11.6. The Hall–Kier alpha value is -2.69. The third kappa shape index (κ3) is 3.87. The molecule has 1 fully saturated rings. The van der Waals surface area contributed by atoms with Crippen LogP contribution in [0.15, 0.2) is 48.8 Å². The number of hydrogen-bond acceptors (Lipinski definition) is 3. The zero-order valence-corrected chi connectivity index (χ0v) is 14.6. The second kappa shape index (κ2) is 7.47. The van der Waals surface area contributed by atoms with Crippen LogP contribution in [0.4, 0.5) is 5.69 Å². The normalized spacial score (nSPS) is 18.2. The molecule has 0 saturated carbocycles. The molecule has 2 amide bonds. The second-order valence-corrected chi connectivity index (χ2v) is 6.44. The molecule has 5 nitrogen and oxygen atoms in total. The lowest BCUT2D eigenvalue weighted by molar-refractivity contribution is -0.126. The molecule has 1 aliphatic heterocycles. The molecule has 0 radical (unpaired) electrons. The highest BCUT2D eigenvalue weighted by Gasteiger charge is 2.35. The third-order valence-corrected chi connectivity index (χ3v) is 4.70. The van der Waals surface area contributed by atoms with Crippen LogP contribution in [0.5, 0.6) is 0 Å². The Bertz CT molecular complexity index is 743. The first-order valence-corrected chi connectivity index (χ1v) is 8.68.